The molecule has 2 N–H and O–H groups in total. The molecule has 2 aromatic carbocycles. The Morgan fingerprint density at radius 3 is 2.29 bits per heavy atom. The second-order valence-electron chi connectivity index (χ2n) is 8.14. The lowest BCUT2D eigenvalue weighted by atomic mass is 9.98. The van der Waals surface area contributed by atoms with Gasteiger partial charge in [0, 0.05) is 24.8 Å². The minimum atomic E-state index is -1.62. The van der Waals surface area contributed by atoms with Crippen LogP contribution in [0.2, 0.25) is 0 Å². The highest BCUT2D eigenvalue weighted by molar-refractivity contribution is 8.00. The number of aliphatic carboxylic acids is 1. The molecule has 2 aromatic rings. The van der Waals surface area contributed by atoms with Crippen molar-refractivity contribution in [1.82, 2.24) is 10.2 Å². The van der Waals surface area contributed by atoms with Gasteiger partial charge >= 0.3 is 18.0 Å². The molecule has 0 bridgehead atoms. The van der Waals surface area contributed by atoms with Gasteiger partial charge in [0.15, 0.2) is 0 Å². The number of thioether (sulfide) groups is 1. The fourth-order valence-electron chi connectivity index (χ4n) is 4.39. The second kappa shape index (κ2) is 10.8. The van der Waals surface area contributed by atoms with Gasteiger partial charge in [-0.2, -0.15) is 0 Å². The molecule has 1 heterocycles. The molecule has 0 saturated carbocycles. The number of ether oxygens (including phenoxy) is 2. The van der Waals surface area contributed by atoms with Crippen LogP contribution < -0.4 is 5.32 Å². The summed E-state index contributed by atoms with van der Waals surface area (Å²) in [6.45, 7) is 1.81. The van der Waals surface area contributed by atoms with Crippen LogP contribution in [0.3, 0.4) is 0 Å². The Kier molecular flexibility index (Phi) is 7.60. The van der Waals surface area contributed by atoms with Crippen LogP contribution in [0.5, 0.6) is 0 Å². The van der Waals surface area contributed by atoms with Crippen molar-refractivity contribution in [3.05, 3.63) is 59.7 Å². The summed E-state index contributed by atoms with van der Waals surface area (Å²) < 4.78 is 10.5. The molecule has 1 aliphatic carbocycles. The molecule has 1 fully saturated rings. The number of amides is 2. The highest BCUT2D eigenvalue weighted by atomic mass is 32.2. The molecule has 1 aliphatic heterocycles. The Bertz CT molecular complexity index is 1090. The Labute approximate surface area is 206 Å². The van der Waals surface area contributed by atoms with E-state index in [1.54, 1.807) is 6.92 Å². The van der Waals surface area contributed by atoms with Gasteiger partial charge in [-0.1, -0.05) is 48.5 Å². The van der Waals surface area contributed by atoms with E-state index in [9.17, 15) is 24.3 Å². The topological polar surface area (TPSA) is 122 Å². The normalized spacial score (nSPS) is 17.6. The fourth-order valence-corrected chi connectivity index (χ4v) is 5.42. The van der Waals surface area contributed by atoms with Gasteiger partial charge in [0.25, 0.3) is 5.91 Å². The largest absolute Gasteiger partial charge is 0.480 e. The second-order valence-corrected chi connectivity index (χ2v) is 9.45. The monoisotopic (exact) mass is 498 g/mol. The van der Waals surface area contributed by atoms with E-state index in [4.69, 9.17) is 9.47 Å². The number of benzene rings is 2. The molecular weight excluding hydrogens is 472 g/mol. The summed E-state index contributed by atoms with van der Waals surface area (Å²) in [5.41, 5.74) is 4.22. The van der Waals surface area contributed by atoms with E-state index < -0.39 is 35.2 Å². The molecule has 35 heavy (non-hydrogen) atoms. The number of carboxylic acids is 1. The number of fused-ring (bicyclic) bond motifs is 3. The van der Waals surface area contributed by atoms with Crippen molar-refractivity contribution in [3.63, 3.8) is 0 Å². The van der Waals surface area contributed by atoms with Crippen molar-refractivity contribution >= 4 is 35.7 Å². The predicted octanol–water partition coefficient (Wildman–Crippen LogP) is 2.49. The molecule has 0 aromatic heterocycles. The lowest BCUT2D eigenvalue weighted by Gasteiger charge is -2.32. The van der Waals surface area contributed by atoms with E-state index in [-0.39, 0.29) is 32.2 Å². The first kappa shape index (κ1) is 24.6. The lowest BCUT2D eigenvalue weighted by molar-refractivity contribution is -0.152. The lowest BCUT2D eigenvalue weighted by Crippen LogP contribution is -2.56. The van der Waals surface area contributed by atoms with E-state index in [1.807, 2.05) is 48.5 Å². The molecule has 10 heteroatoms. The van der Waals surface area contributed by atoms with E-state index in [1.165, 1.54) is 16.7 Å². The fraction of sp³-hybridized carbons (Fsp3) is 0.360. The third-order valence-electron chi connectivity index (χ3n) is 6.03. The van der Waals surface area contributed by atoms with E-state index >= 15 is 0 Å². The smallest absolute Gasteiger partial charge is 0.408 e. The molecule has 2 atom stereocenters. The minimum Gasteiger partial charge on any atom is -0.480 e. The third kappa shape index (κ3) is 5.27. The molecule has 2 unspecified atom stereocenters. The first-order valence-electron chi connectivity index (χ1n) is 11.3. The molecule has 2 aliphatic rings. The number of alkyl carbamates (subject to hydrolysis) is 1. The summed E-state index contributed by atoms with van der Waals surface area (Å²) in [6, 6.07) is 14.1. The number of hydrogen-bond donors (Lipinski definition) is 2. The summed E-state index contributed by atoms with van der Waals surface area (Å²) in [6.07, 6.45) is -0.931. The average Bonchev–Trinajstić information content (AvgIpc) is 3.19. The number of nitrogens with zero attached hydrogens (tertiary/aromatic N) is 1. The van der Waals surface area contributed by atoms with E-state index in [0.29, 0.717) is 5.75 Å². The van der Waals surface area contributed by atoms with Crippen LogP contribution in [0.15, 0.2) is 48.5 Å². The first-order chi connectivity index (χ1) is 16.9. The van der Waals surface area contributed by atoms with Crippen molar-refractivity contribution in [3.8, 4) is 11.1 Å². The van der Waals surface area contributed by atoms with Crippen LogP contribution in [-0.4, -0.2) is 77.3 Å². The molecule has 1 saturated heterocycles. The molecule has 184 valence electrons. The zero-order valence-corrected chi connectivity index (χ0v) is 20.0. The number of hydrogen-bond acceptors (Lipinski definition) is 7. The minimum absolute atomic E-state index is 0.0165. The molecule has 0 radical (unpaired) electrons. The summed E-state index contributed by atoms with van der Waals surface area (Å²) in [7, 11) is 0. The van der Waals surface area contributed by atoms with Crippen LogP contribution in [0.1, 0.15) is 24.0 Å². The standard InChI is InChI=1S/C25H26N2O7S/c1-2-33-24(31)21(22(28)27-11-12-35-20(13-27)23(29)30)26-25(32)34-14-19-17-9-5-3-7-15(17)16-8-4-6-10-18(16)19/h3-10,19-21H,2,11-14H2,1H3,(H,26,32)(H,29,30). The molecule has 2 amide bonds. The quantitative estimate of drug-likeness (QED) is 0.441. The average molecular weight is 499 g/mol. The summed E-state index contributed by atoms with van der Waals surface area (Å²) in [5, 5.41) is 10.8. The Morgan fingerprint density at radius 2 is 1.69 bits per heavy atom. The van der Waals surface area contributed by atoms with Crippen LogP contribution >= 0.6 is 11.8 Å². The zero-order valence-electron chi connectivity index (χ0n) is 19.1. The number of carboxylic acid groups (broad SMARTS) is 1. The van der Waals surface area contributed by atoms with Gasteiger partial charge in [-0.25, -0.2) is 9.59 Å². The van der Waals surface area contributed by atoms with Gasteiger partial charge < -0.3 is 19.5 Å². The van der Waals surface area contributed by atoms with Gasteiger partial charge in [-0.05, 0) is 29.2 Å². The predicted molar refractivity (Wildman–Crippen MR) is 129 cm³/mol. The van der Waals surface area contributed by atoms with Crippen molar-refractivity contribution in [1.29, 1.82) is 0 Å². The van der Waals surface area contributed by atoms with Crippen molar-refractivity contribution in [2.45, 2.75) is 24.1 Å². The van der Waals surface area contributed by atoms with E-state index in [0.717, 1.165) is 22.3 Å². The van der Waals surface area contributed by atoms with Crippen molar-refractivity contribution in [2.24, 2.45) is 0 Å². The van der Waals surface area contributed by atoms with Crippen LogP contribution in [0.4, 0.5) is 4.79 Å². The molecule has 9 nitrogen and oxygen atoms in total. The summed E-state index contributed by atoms with van der Waals surface area (Å²) in [5.74, 6) is -2.45. The van der Waals surface area contributed by atoms with Crippen molar-refractivity contribution < 1.29 is 33.8 Å². The highest BCUT2D eigenvalue weighted by Crippen LogP contribution is 2.44. The number of carbonyl (C=O) groups excluding carboxylic acids is 3. The van der Waals surface area contributed by atoms with Crippen LogP contribution in [0.25, 0.3) is 11.1 Å². The van der Waals surface area contributed by atoms with E-state index in [2.05, 4.69) is 5.32 Å². The maximum Gasteiger partial charge on any atom is 0.408 e. The summed E-state index contributed by atoms with van der Waals surface area (Å²) >= 11 is 1.23. The van der Waals surface area contributed by atoms with Crippen LogP contribution in [-0.2, 0) is 23.9 Å². The van der Waals surface area contributed by atoms with Gasteiger partial charge in [0.2, 0.25) is 6.04 Å². The number of rotatable bonds is 7. The van der Waals surface area contributed by atoms with Crippen molar-refractivity contribution in [2.75, 3.05) is 32.1 Å². The summed E-state index contributed by atoms with van der Waals surface area (Å²) in [4.78, 5) is 50.9. The van der Waals surface area contributed by atoms with Crippen LogP contribution in [0, 0.1) is 0 Å². The third-order valence-corrected chi connectivity index (χ3v) is 7.20. The molecule has 4 rings (SSSR count). The number of nitrogens with one attached hydrogen (secondary N) is 1. The van der Waals surface area contributed by atoms with Gasteiger partial charge in [0.1, 0.15) is 11.9 Å². The number of esters is 1. The first-order valence-corrected chi connectivity index (χ1v) is 12.4. The van der Waals surface area contributed by atoms with Gasteiger partial charge in [0.05, 0.1) is 6.61 Å². The highest BCUT2D eigenvalue weighted by Gasteiger charge is 2.38. The Hall–Kier alpha value is -3.53. The van der Waals surface area contributed by atoms with Gasteiger partial charge in [-0.3, -0.25) is 14.9 Å². The molecule has 0 spiro atoms. The molecular formula is C25H26N2O7S. The Balaban J connectivity index is 1.45. The SMILES string of the molecule is CCOC(=O)C(NC(=O)OCC1c2ccccc2-c2ccccc21)C(=O)N1CCSC(C(=O)O)C1. The Morgan fingerprint density at radius 1 is 1.06 bits per heavy atom. The zero-order chi connectivity index (χ0) is 24.9. The maximum atomic E-state index is 13.1. The number of carbonyl (C=O) groups is 4. The maximum absolute atomic E-state index is 13.1. The van der Waals surface area contributed by atoms with Gasteiger partial charge in [-0.15, -0.1) is 11.8 Å².